The van der Waals surface area contributed by atoms with Crippen molar-refractivity contribution in [2.75, 3.05) is 19.6 Å². The van der Waals surface area contributed by atoms with Crippen LogP contribution in [-0.2, 0) is 4.74 Å². The highest BCUT2D eigenvalue weighted by Gasteiger charge is 2.27. The summed E-state index contributed by atoms with van der Waals surface area (Å²) in [6, 6.07) is 2.32. The van der Waals surface area contributed by atoms with Gasteiger partial charge in [-0.05, 0) is 43.2 Å². The molecule has 1 N–H and O–H groups in total. The minimum Gasteiger partial charge on any atom is -0.444 e. The molecule has 2 rings (SSSR count). The highest BCUT2D eigenvalue weighted by Crippen LogP contribution is 2.21. The number of hydrogen-bond donors (Lipinski definition) is 1. The summed E-state index contributed by atoms with van der Waals surface area (Å²) >= 11 is 1.68. The van der Waals surface area contributed by atoms with Gasteiger partial charge in [0.1, 0.15) is 5.60 Å². The number of rotatable bonds is 1. The average molecular weight is 268 g/mol. The van der Waals surface area contributed by atoms with E-state index < -0.39 is 5.60 Å². The lowest BCUT2D eigenvalue weighted by Gasteiger charge is -2.34. The number of carbonyl (C=O) groups excluding carboxylic acids is 1. The number of hydrogen-bond acceptors (Lipinski definition) is 4. The summed E-state index contributed by atoms with van der Waals surface area (Å²) in [6.45, 7) is 7.86. The third kappa shape index (κ3) is 3.46. The molecule has 1 saturated heterocycles. The Morgan fingerprint density at radius 2 is 2.33 bits per heavy atom. The molecule has 4 nitrogen and oxygen atoms in total. The molecule has 1 aliphatic rings. The van der Waals surface area contributed by atoms with Gasteiger partial charge in [-0.1, -0.05) is 0 Å². The maximum absolute atomic E-state index is 12.0. The molecular formula is C13H20N2O2S. The predicted octanol–water partition coefficient (Wildman–Crippen LogP) is 2.63. The minimum atomic E-state index is -0.431. The molecule has 0 radical (unpaired) electrons. The van der Waals surface area contributed by atoms with Crippen molar-refractivity contribution in [1.82, 2.24) is 10.2 Å². The van der Waals surface area contributed by atoms with E-state index >= 15 is 0 Å². The molecule has 1 atom stereocenters. The van der Waals surface area contributed by atoms with Crippen LogP contribution in [0.1, 0.15) is 32.4 Å². The van der Waals surface area contributed by atoms with Gasteiger partial charge in [-0.2, -0.15) is 11.3 Å². The SMILES string of the molecule is CC(C)(C)OC(=O)N1CCNC(c2ccsc2)C1. The van der Waals surface area contributed by atoms with Crippen LogP contribution in [0.2, 0.25) is 0 Å². The van der Waals surface area contributed by atoms with Crippen LogP contribution in [-0.4, -0.2) is 36.2 Å². The fraction of sp³-hybridized carbons (Fsp3) is 0.615. The van der Waals surface area contributed by atoms with Crippen molar-refractivity contribution in [1.29, 1.82) is 0 Å². The zero-order valence-electron chi connectivity index (χ0n) is 11.1. The van der Waals surface area contributed by atoms with Gasteiger partial charge in [-0.25, -0.2) is 4.79 Å². The van der Waals surface area contributed by atoms with E-state index in [0.717, 1.165) is 6.54 Å². The third-order valence-electron chi connectivity index (χ3n) is 2.77. The summed E-state index contributed by atoms with van der Waals surface area (Å²) in [4.78, 5) is 13.8. The van der Waals surface area contributed by atoms with E-state index in [-0.39, 0.29) is 12.1 Å². The zero-order valence-corrected chi connectivity index (χ0v) is 11.9. The van der Waals surface area contributed by atoms with Gasteiger partial charge < -0.3 is 15.0 Å². The predicted molar refractivity (Wildman–Crippen MR) is 72.9 cm³/mol. The number of amides is 1. The fourth-order valence-corrected chi connectivity index (χ4v) is 2.65. The average Bonchev–Trinajstić information content (AvgIpc) is 2.80. The Hall–Kier alpha value is -1.07. The van der Waals surface area contributed by atoms with Gasteiger partial charge in [0, 0.05) is 19.6 Å². The summed E-state index contributed by atoms with van der Waals surface area (Å²) in [5, 5.41) is 7.61. The summed E-state index contributed by atoms with van der Waals surface area (Å²) in [5.74, 6) is 0. The number of nitrogens with one attached hydrogen (secondary N) is 1. The number of ether oxygens (including phenoxy) is 1. The van der Waals surface area contributed by atoms with Crippen molar-refractivity contribution in [3.63, 3.8) is 0 Å². The van der Waals surface area contributed by atoms with Crippen LogP contribution < -0.4 is 5.32 Å². The maximum atomic E-state index is 12.0. The summed E-state index contributed by atoms with van der Waals surface area (Å²) in [7, 11) is 0. The van der Waals surface area contributed by atoms with Crippen LogP contribution in [0.15, 0.2) is 16.8 Å². The van der Waals surface area contributed by atoms with Crippen molar-refractivity contribution in [2.45, 2.75) is 32.4 Å². The quantitative estimate of drug-likeness (QED) is 0.851. The van der Waals surface area contributed by atoms with Gasteiger partial charge in [0.15, 0.2) is 0 Å². The van der Waals surface area contributed by atoms with Crippen LogP contribution in [0.25, 0.3) is 0 Å². The first-order valence-corrected chi connectivity index (χ1v) is 7.13. The second-order valence-corrected chi connectivity index (χ2v) is 6.27. The second kappa shape index (κ2) is 5.28. The van der Waals surface area contributed by atoms with E-state index in [0.29, 0.717) is 13.1 Å². The molecule has 100 valence electrons. The van der Waals surface area contributed by atoms with Gasteiger partial charge in [0.05, 0.1) is 6.04 Å². The first-order chi connectivity index (χ1) is 8.46. The molecule has 0 saturated carbocycles. The molecule has 0 aliphatic carbocycles. The summed E-state index contributed by atoms with van der Waals surface area (Å²) in [5.41, 5.74) is 0.813. The van der Waals surface area contributed by atoms with E-state index in [1.165, 1.54) is 5.56 Å². The van der Waals surface area contributed by atoms with Crippen LogP contribution in [0.3, 0.4) is 0 Å². The molecule has 1 aliphatic heterocycles. The molecular weight excluding hydrogens is 248 g/mol. The minimum absolute atomic E-state index is 0.218. The van der Waals surface area contributed by atoms with E-state index in [4.69, 9.17) is 4.74 Å². The molecule has 1 unspecified atom stereocenters. The van der Waals surface area contributed by atoms with Gasteiger partial charge >= 0.3 is 6.09 Å². The van der Waals surface area contributed by atoms with Crippen molar-refractivity contribution < 1.29 is 9.53 Å². The highest BCUT2D eigenvalue weighted by molar-refractivity contribution is 7.07. The van der Waals surface area contributed by atoms with E-state index in [2.05, 4.69) is 22.1 Å². The Balaban J connectivity index is 1.96. The first-order valence-electron chi connectivity index (χ1n) is 6.19. The fourth-order valence-electron chi connectivity index (χ4n) is 1.94. The number of piperazine rings is 1. The Bertz CT molecular complexity index is 398. The van der Waals surface area contributed by atoms with Crippen molar-refractivity contribution in [3.05, 3.63) is 22.4 Å². The van der Waals surface area contributed by atoms with E-state index in [1.54, 1.807) is 16.2 Å². The monoisotopic (exact) mass is 268 g/mol. The van der Waals surface area contributed by atoms with Crippen LogP contribution in [0, 0.1) is 0 Å². The normalized spacial score (nSPS) is 20.8. The van der Waals surface area contributed by atoms with Gasteiger partial charge in [0.25, 0.3) is 0 Å². The molecule has 1 fully saturated rings. The molecule has 0 bridgehead atoms. The standard InChI is InChI=1S/C13H20N2O2S/c1-13(2,3)17-12(16)15-6-5-14-11(8-15)10-4-7-18-9-10/h4,7,9,11,14H,5-6,8H2,1-3H3. The van der Waals surface area contributed by atoms with Gasteiger partial charge in [-0.15, -0.1) is 0 Å². The molecule has 1 amide bonds. The Kier molecular flexibility index (Phi) is 3.92. The van der Waals surface area contributed by atoms with Crippen molar-refractivity contribution in [3.8, 4) is 0 Å². The van der Waals surface area contributed by atoms with Crippen molar-refractivity contribution in [2.24, 2.45) is 0 Å². The number of thiophene rings is 1. The second-order valence-electron chi connectivity index (χ2n) is 5.49. The van der Waals surface area contributed by atoms with E-state index in [9.17, 15) is 4.79 Å². The molecule has 1 aromatic rings. The maximum Gasteiger partial charge on any atom is 0.410 e. The molecule has 1 aromatic heterocycles. The van der Waals surface area contributed by atoms with E-state index in [1.807, 2.05) is 20.8 Å². The Morgan fingerprint density at radius 3 is 2.94 bits per heavy atom. The topological polar surface area (TPSA) is 41.6 Å². The van der Waals surface area contributed by atoms with Crippen molar-refractivity contribution >= 4 is 17.4 Å². The highest BCUT2D eigenvalue weighted by atomic mass is 32.1. The summed E-state index contributed by atoms with van der Waals surface area (Å²) in [6.07, 6.45) is -0.218. The summed E-state index contributed by atoms with van der Waals surface area (Å²) < 4.78 is 5.40. The lowest BCUT2D eigenvalue weighted by molar-refractivity contribution is 0.0195. The molecule has 5 heteroatoms. The smallest absolute Gasteiger partial charge is 0.410 e. The molecule has 0 spiro atoms. The molecule has 18 heavy (non-hydrogen) atoms. The largest absolute Gasteiger partial charge is 0.444 e. The Morgan fingerprint density at radius 1 is 1.56 bits per heavy atom. The molecule has 2 heterocycles. The molecule has 0 aromatic carbocycles. The number of nitrogens with zero attached hydrogens (tertiary/aromatic N) is 1. The first kappa shape index (κ1) is 13.4. The van der Waals surface area contributed by atoms with Gasteiger partial charge in [-0.3, -0.25) is 0 Å². The van der Waals surface area contributed by atoms with Gasteiger partial charge in [0.2, 0.25) is 0 Å². The zero-order chi connectivity index (χ0) is 13.2. The van der Waals surface area contributed by atoms with Crippen LogP contribution >= 0.6 is 11.3 Å². The lowest BCUT2D eigenvalue weighted by atomic mass is 10.1. The lowest BCUT2D eigenvalue weighted by Crippen LogP contribution is -2.49. The Labute approximate surface area is 112 Å². The number of carbonyl (C=O) groups is 1. The van der Waals surface area contributed by atoms with Crippen LogP contribution in [0.4, 0.5) is 4.79 Å². The van der Waals surface area contributed by atoms with Crippen LogP contribution in [0.5, 0.6) is 0 Å². The third-order valence-corrected chi connectivity index (χ3v) is 3.47.